The number of amides is 1. The predicted molar refractivity (Wildman–Crippen MR) is 96.0 cm³/mol. The number of nitrogens with one attached hydrogen (secondary N) is 1. The normalized spacial score (nSPS) is 12.0. The minimum absolute atomic E-state index is 0.0407. The van der Waals surface area contributed by atoms with E-state index in [1.807, 2.05) is 0 Å². The molecular formula is C17H19F3N3O4P. The highest BCUT2D eigenvalue weighted by atomic mass is 31.2. The second-order valence-electron chi connectivity index (χ2n) is 6.59. The number of nitrogens with zero attached hydrogens (tertiary/aromatic N) is 2. The Bertz CT molecular complexity index is 911. The molecule has 0 bridgehead atoms. The van der Waals surface area contributed by atoms with Crippen molar-refractivity contribution in [3.05, 3.63) is 46.9 Å². The minimum atomic E-state index is -4.45. The van der Waals surface area contributed by atoms with Crippen LogP contribution in [0, 0.1) is 0 Å². The zero-order chi connectivity index (χ0) is 21.1. The van der Waals surface area contributed by atoms with Gasteiger partial charge in [0.2, 0.25) is 5.75 Å². The number of halogens is 3. The number of hydrogen-bond acceptors (Lipinski definition) is 6. The van der Waals surface area contributed by atoms with Gasteiger partial charge in [-0.25, -0.2) is 4.98 Å². The minimum Gasteiger partial charge on any atom is -0.501 e. The van der Waals surface area contributed by atoms with Crippen LogP contribution in [0.4, 0.5) is 13.2 Å². The zero-order valence-corrected chi connectivity index (χ0v) is 16.0. The molecule has 2 aromatic rings. The number of alkyl halides is 3. The van der Waals surface area contributed by atoms with Crippen molar-refractivity contribution in [3.63, 3.8) is 0 Å². The molecule has 0 spiro atoms. The summed E-state index contributed by atoms with van der Waals surface area (Å²) >= 11 is 0. The summed E-state index contributed by atoms with van der Waals surface area (Å²) in [6, 6.07) is 4.21. The first-order valence-corrected chi connectivity index (χ1v) is 10.9. The molecule has 0 aliphatic carbocycles. The summed E-state index contributed by atoms with van der Waals surface area (Å²) in [5.41, 5.74) is -0.886. The van der Waals surface area contributed by atoms with Crippen molar-refractivity contribution in [2.24, 2.45) is 0 Å². The van der Waals surface area contributed by atoms with Crippen LogP contribution in [0.5, 0.6) is 11.6 Å². The third-order valence-corrected chi connectivity index (χ3v) is 5.04. The molecule has 11 heteroatoms. The molecule has 1 aromatic carbocycles. The van der Waals surface area contributed by atoms with E-state index in [1.165, 1.54) is 12.1 Å². The van der Waals surface area contributed by atoms with Crippen molar-refractivity contribution >= 4 is 13.0 Å². The smallest absolute Gasteiger partial charge is 0.416 e. The molecule has 0 unspecified atom stereocenters. The number of carbonyl (C=O) groups is 1. The number of aromatic nitrogens is 2. The Kier molecular flexibility index (Phi) is 6.34. The van der Waals surface area contributed by atoms with Crippen molar-refractivity contribution in [1.82, 2.24) is 15.3 Å². The molecule has 28 heavy (non-hydrogen) atoms. The Morgan fingerprint density at radius 1 is 1.14 bits per heavy atom. The van der Waals surface area contributed by atoms with Gasteiger partial charge in [0.05, 0.1) is 12.7 Å². The van der Waals surface area contributed by atoms with Gasteiger partial charge in [0.25, 0.3) is 11.8 Å². The SMILES string of the molecule is CP(C)(=O)CCc1nc(O)c(O)c(C(=O)NCc2ccc(C(F)(F)F)cc2)n1. The lowest BCUT2D eigenvalue weighted by atomic mass is 10.1. The van der Waals surface area contributed by atoms with Crippen molar-refractivity contribution in [1.29, 1.82) is 0 Å². The van der Waals surface area contributed by atoms with Crippen LogP contribution in [0.2, 0.25) is 0 Å². The molecule has 1 amide bonds. The summed E-state index contributed by atoms with van der Waals surface area (Å²) in [5.74, 6) is -2.40. The summed E-state index contributed by atoms with van der Waals surface area (Å²) in [6.07, 6.45) is -4.06. The quantitative estimate of drug-likeness (QED) is 0.623. The standard InChI is InChI=1S/C17H19F3N3O4P/c1-28(2,27)8-7-12-22-13(14(24)16(26)23-12)15(25)21-9-10-3-5-11(6-4-10)17(18,19)20/h3-6,24H,7-9H2,1-2H3,(H,21,25)(H,22,23,26). The number of benzene rings is 1. The molecule has 7 nitrogen and oxygen atoms in total. The van der Waals surface area contributed by atoms with E-state index in [0.29, 0.717) is 5.56 Å². The molecule has 3 N–H and O–H groups in total. The summed E-state index contributed by atoms with van der Waals surface area (Å²) in [5, 5.41) is 21.9. The molecule has 0 radical (unpaired) electrons. The van der Waals surface area contributed by atoms with Gasteiger partial charge in [-0.2, -0.15) is 18.2 Å². The zero-order valence-electron chi connectivity index (χ0n) is 15.1. The van der Waals surface area contributed by atoms with E-state index >= 15 is 0 Å². The maximum Gasteiger partial charge on any atom is 0.416 e. The number of carbonyl (C=O) groups excluding carboxylic acids is 1. The second kappa shape index (κ2) is 8.18. The lowest BCUT2D eigenvalue weighted by molar-refractivity contribution is -0.137. The van der Waals surface area contributed by atoms with Crippen LogP contribution in [-0.2, 0) is 23.7 Å². The average molecular weight is 417 g/mol. The Morgan fingerprint density at radius 3 is 2.29 bits per heavy atom. The van der Waals surface area contributed by atoms with Gasteiger partial charge in [0.1, 0.15) is 5.82 Å². The van der Waals surface area contributed by atoms with E-state index in [9.17, 15) is 32.7 Å². The van der Waals surface area contributed by atoms with Crippen molar-refractivity contribution in [2.75, 3.05) is 19.5 Å². The van der Waals surface area contributed by atoms with Crippen molar-refractivity contribution < 1.29 is 32.7 Å². The summed E-state index contributed by atoms with van der Waals surface area (Å²) < 4.78 is 49.5. The van der Waals surface area contributed by atoms with Crippen LogP contribution in [0.3, 0.4) is 0 Å². The molecule has 1 aromatic heterocycles. The molecule has 152 valence electrons. The molecule has 0 fully saturated rings. The highest BCUT2D eigenvalue weighted by molar-refractivity contribution is 7.62. The van der Waals surface area contributed by atoms with E-state index in [4.69, 9.17) is 0 Å². The average Bonchev–Trinajstić information content (AvgIpc) is 2.59. The van der Waals surface area contributed by atoms with E-state index in [2.05, 4.69) is 15.3 Å². The Balaban J connectivity index is 2.11. The number of aromatic hydroxyl groups is 2. The third kappa shape index (κ3) is 5.95. The van der Waals surface area contributed by atoms with Gasteiger partial charge in [-0.05, 0) is 31.0 Å². The predicted octanol–water partition coefficient (Wildman–Crippen LogP) is 3.00. The first kappa shape index (κ1) is 21.7. The largest absolute Gasteiger partial charge is 0.501 e. The lowest BCUT2D eigenvalue weighted by Gasteiger charge is -2.11. The van der Waals surface area contributed by atoms with Gasteiger partial charge in [-0.15, -0.1) is 0 Å². The molecular weight excluding hydrogens is 398 g/mol. The summed E-state index contributed by atoms with van der Waals surface area (Å²) in [6.45, 7) is 3.03. The van der Waals surface area contributed by atoms with Gasteiger partial charge in [0.15, 0.2) is 5.69 Å². The summed E-state index contributed by atoms with van der Waals surface area (Å²) in [7, 11) is -2.37. The monoisotopic (exact) mass is 417 g/mol. The van der Waals surface area contributed by atoms with E-state index < -0.39 is 42.1 Å². The summed E-state index contributed by atoms with van der Waals surface area (Å²) in [4.78, 5) is 19.8. The van der Waals surface area contributed by atoms with Crippen LogP contribution in [0.25, 0.3) is 0 Å². The first-order valence-electron chi connectivity index (χ1n) is 8.14. The Morgan fingerprint density at radius 2 is 1.75 bits per heavy atom. The highest BCUT2D eigenvalue weighted by Crippen LogP contribution is 2.36. The topological polar surface area (TPSA) is 112 Å². The molecule has 0 saturated heterocycles. The highest BCUT2D eigenvalue weighted by Gasteiger charge is 2.30. The number of rotatable bonds is 6. The van der Waals surface area contributed by atoms with E-state index in [1.54, 1.807) is 13.3 Å². The van der Waals surface area contributed by atoms with Crippen molar-refractivity contribution in [2.45, 2.75) is 19.1 Å². The van der Waals surface area contributed by atoms with Crippen molar-refractivity contribution in [3.8, 4) is 11.6 Å². The maximum atomic E-state index is 12.6. The van der Waals surface area contributed by atoms with Gasteiger partial charge in [-0.1, -0.05) is 12.1 Å². The number of hydrogen-bond donors (Lipinski definition) is 3. The second-order valence-corrected chi connectivity index (χ2v) is 10.2. The Labute approximate surface area is 159 Å². The van der Waals surface area contributed by atoms with E-state index in [0.717, 1.165) is 12.1 Å². The third-order valence-electron chi connectivity index (χ3n) is 3.74. The van der Waals surface area contributed by atoms with Gasteiger partial charge >= 0.3 is 6.18 Å². The molecule has 0 aliphatic rings. The molecule has 0 saturated carbocycles. The fraction of sp³-hybridized carbons (Fsp3) is 0.353. The van der Waals surface area contributed by atoms with Crippen LogP contribution < -0.4 is 5.32 Å². The molecule has 0 atom stereocenters. The fourth-order valence-corrected chi connectivity index (χ4v) is 2.94. The van der Waals surface area contributed by atoms with Crippen LogP contribution >= 0.6 is 7.14 Å². The maximum absolute atomic E-state index is 12.6. The molecule has 0 aliphatic heterocycles. The van der Waals surface area contributed by atoms with Gasteiger partial charge in [-0.3, -0.25) is 4.79 Å². The Hall–Kier alpha value is -2.61. The van der Waals surface area contributed by atoms with Gasteiger partial charge in [0, 0.05) is 19.1 Å². The number of aryl methyl sites for hydroxylation is 1. The van der Waals surface area contributed by atoms with Gasteiger partial charge < -0.3 is 20.1 Å². The van der Waals surface area contributed by atoms with E-state index in [-0.39, 0.29) is 25.0 Å². The fourth-order valence-electron chi connectivity index (χ4n) is 2.21. The molecule has 1 heterocycles. The van der Waals surface area contributed by atoms with Crippen LogP contribution in [-0.4, -0.2) is 45.6 Å². The first-order chi connectivity index (χ1) is 12.9. The lowest BCUT2D eigenvalue weighted by Crippen LogP contribution is -2.24. The van der Waals surface area contributed by atoms with Crippen LogP contribution in [0.15, 0.2) is 24.3 Å². The van der Waals surface area contributed by atoms with Crippen LogP contribution in [0.1, 0.15) is 27.4 Å². The molecule has 2 rings (SSSR count).